The highest BCUT2D eigenvalue weighted by atomic mass is 79.9. The number of thiophene rings is 1. The second-order valence-electron chi connectivity index (χ2n) is 2.16. The Morgan fingerprint density at radius 1 is 1.75 bits per heavy atom. The molecule has 0 aromatic carbocycles. The van der Waals surface area contributed by atoms with E-state index in [4.69, 9.17) is 0 Å². The summed E-state index contributed by atoms with van der Waals surface area (Å²) in [6.45, 7) is 1.62. The third-order valence-corrected chi connectivity index (χ3v) is 4.47. The number of carboxylic acids is 1. The maximum Gasteiger partial charge on any atom is 0.0545 e. The Morgan fingerprint density at radius 2 is 2.42 bits per heavy atom. The Balaban J connectivity index is 2.64. The Kier molecular flexibility index (Phi) is 3.61. The fourth-order valence-electron chi connectivity index (χ4n) is 0.593. The summed E-state index contributed by atoms with van der Waals surface area (Å²) in [5.74, 6) is -1.03. The van der Waals surface area contributed by atoms with Crippen LogP contribution in [0.3, 0.4) is 0 Å². The Labute approximate surface area is 87.1 Å². The molecular formula is C7H6BrO2S2-. The molecule has 66 valence electrons. The van der Waals surface area contributed by atoms with Gasteiger partial charge < -0.3 is 9.90 Å². The molecule has 0 unspecified atom stereocenters. The highest BCUT2D eigenvalue weighted by molar-refractivity contribution is 9.10. The molecule has 0 saturated heterocycles. The normalized spacial score (nSPS) is 12.8. The van der Waals surface area contributed by atoms with Gasteiger partial charge in [-0.15, -0.1) is 11.8 Å². The van der Waals surface area contributed by atoms with Gasteiger partial charge in [0.25, 0.3) is 0 Å². The average Bonchev–Trinajstić information content (AvgIpc) is 2.36. The van der Waals surface area contributed by atoms with Crippen molar-refractivity contribution < 1.29 is 9.90 Å². The molecule has 1 heterocycles. The number of carbonyl (C=O) groups is 1. The first kappa shape index (κ1) is 10.1. The molecule has 0 fully saturated rings. The van der Waals surface area contributed by atoms with Crippen LogP contribution in [0.5, 0.6) is 0 Å². The standard InChI is InChI=1S/C7H7BrO2S2/c1-4(7(9)10)12-6-3-11-2-5(6)8/h2-4H,1H3,(H,9,10)/p-1/t4-/m1/s1. The quantitative estimate of drug-likeness (QED) is 0.782. The molecule has 1 atom stereocenters. The zero-order valence-corrected chi connectivity index (χ0v) is 9.46. The fourth-order valence-corrected chi connectivity index (χ4v) is 3.14. The third kappa shape index (κ3) is 2.50. The summed E-state index contributed by atoms with van der Waals surface area (Å²) in [6.07, 6.45) is 0. The van der Waals surface area contributed by atoms with E-state index in [-0.39, 0.29) is 0 Å². The number of hydrogen-bond acceptors (Lipinski definition) is 4. The summed E-state index contributed by atoms with van der Waals surface area (Å²) in [5.41, 5.74) is 0. The van der Waals surface area contributed by atoms with Gasteiger partial charge in [-0.05, 0) is 22.9 Å². The topological polar surface area (TPSA) is 40.1 Å². The van der Waals surface area contributed by atoms with Crippen LogP contribution in [0, 0.1) is 0 Å². The van der Waals surface area contributed by atoms with E-state index in [1.54, 1.807) is 6.92 Å². The molecular weight excluding hydrogens is 260 g/mol. The van der Waals surface area contributed by atoms with E-state index in [1.165, 1.54) is 23.1 Å². The Hall–Kier alpha value is -0.000000000000000111. The van der Waals surface area contributed by atoms with Crippen LogP contribution >= 0.6 is 39.0 Å². The number of carbonyl (C=O) groups excluding carboxylic acids is 1. The van der Waals surface area contributed by atoms with Crippen molar-refractivity contribution in [2.45, 2.75) is 17.1 Å². The zero-order chi connectivity index (χ0) is 9.14. The van der Waals surface area contributed by atoms with Crippen molar-refractivity contribution in [1.82, 2.24) is 0 Å². The van der Waals surface area contributed by atoms with E-state index >= 15 is 0 Å². The molecule has 0 aliphatic rings. The van der Waals surface area contributed by atoms with Gasteiger partial charge in [-0.3, -0.25) is 0 Å². The molecule has 0 saturated carbocycles. The van der Waals surface area contributed by atoms with Gasteiger partial charge in [0.05, 0.1) is 5.97 Å². The molecule has 0 bridgehead atoms. The summed E-state index contributed by atoms with van der Waals surface area (Å²) in [7, 11) is 0. The second-order valence-corrected chi connectivity index (χ2v) is 5.14. The lowest BCUT2D eigenvalue weighted by Gasteiger charge is -2.10. The monoisotopic (exact) mass is 265 g/mol. The average molecular weight is 266 g/mol. The van der Waals surface area contributed by atoms with Gasteiger partial charge in [-0.1, -0.05) is 0 Å². The van der Waals surface area contributed by atoms with E-state index in [9.17, 15) is 9.90 Å². The van der Waals surface area contributed by atoms with Crippen molar-refractivity contribution in [1.29, 1.82) is 0 Å². The van der Waals surface area contributed by atoms with Gasteiger partial charge in [0.1, 0.15) is 0 Å². The van der Waals surface area contributed by atoms with Crippen LogP contribution in [0.4, 0.5) is 0 Å². The van der Waals surface area contributed by atoms with Gasteiger partial charge in [0.2, 0.25) is 0 Å². The molecule has 0 N–H and O–H groups in total. The van der Waals surface area contributed by atoms with Crippen LogP contribution in [-0.2, 0) is 4.79 Å². The summed E-state index contributed by atoms with van der Waals surface area (Å²) in [6, 6.07) is 0. The van der Waals surface area contributed by atoms with Crippen LogP contribution in [0.2, 0.25) is 0 Å². The summed E-state index contributed by atoms with van der Waals surface area (Å²) < 4.78 is 0.950. The van der Waals surface area contributed by atoms with Crippen LogP contribution < -0.4 is 5.11 Å². The fraction of sp³-hybridized carbons (Fsp3) is 0.286. The van der Waals surface area contributed by atoms with E-state index in [0.717, 1.165) is 9.37 Å². The molecule has 2 nitrogen and oxygen atoms in total. The smallest absolute Gasteiger partial charge is 0.0545 e. The number of aliphatic carboxylic acids is 1. The number of hydrogen-bond donors (Lipinski definition) is 0. The van der Waals surface area contributed by atoms with Crippen molar-refractivity contribution >= 4 is 45.0 Å². The van der Waals surface area contributed by atoms with Crippen LogP contribution in [0.25, 0.3) is 0 Å². The third-order valence-electron chi connectivity index (χ3n) is 1.22. The minimum Gasteiger partial charge on any atom is -0.549 e. The molecule has 0 radical (unpaired) electrons. The van der Waals surface area contributed by atoms with Crippen LogP contribution in [0.15, 0.2) is 20.1 Å². The van der Waals surface area contributed by atoms with Crippen LogP contribution in [-0.4, -0.2) is 11.2 Å². The highest BCUT2D eigenvalue weighted by Gasteiger charge is 2.08. The lowest BCUT2D eigenvalue weighted by Crippen LogP contribution is -2.31. The van der Waals surface area contributed by atoms with Crippen molar-refractivity contribution in [2.24, 2.45) is 0 Å². The molecule has 1 rings (SSSR count). The molecule has 12 heavy (non-hydrogen) atoms. The molecule has 0 amide bonds. The first-order chi connectivity index (χ1) is 5.61. The predicted octanol–water partition coefficient (Wildman–Crippen LogP) is 1.74. The van der Waals surface area contributed by atoms with Gasteiger partial charge in [-0.2, -0.15) is 11.3 Å². The summed E-state index contributed by atoms with van der Waals surface area (Å²) in [5, 5.41) is 13.7. The van der Waals surface area contributed by atoms with E-state index in [0.29, 0.717) is 0 Å². The van der Waals surface area contributed by atoms with Crippen LogP contribution in [0.1, 0.15) is 6.92 Å². The highest BCUT2D eigenvalue weighted by Crippen LogP contribution is 2.33. The molecule has 5 heteroatoms. The van der Waals surface area contributed by atoms with E-state index < -0.39 is 11.2 Å². The summed E-state index contributed by atoms with van der Waals surface area (Å²) >= 11 is 6.15. The van der Waals surface area contributed by atoms with Gasteiger partial charge in [0.15, 0.2) is 0 Å². The molecule has 1 aromatic rings. The van der Waals surface area contributed by atoms with Crippen molar-refractivity contribution in [3.63, 3.8) is 0 Å². The number of rotatable bonds is 3. The Morgan fingerprint density at radius 3 is 2.83 bits per heavy atom. The molecule has 1 aromatic heterocycles. The Bertz CT molecular complexity index is 285. The lowest BCUT2D eigenvalue weighted by atomic mass is 10.5. The largest absolute Gasteiger partial charge is 0.549 e. The minimum atomic E-state index is -1.03. The number of carboxylic acid groups (broad SMARTS) is 1. The second kappa shape index (κ2) is 4.30. The van der Waals surface area contributed by atoms with Crippen molar-refractivity contribution in [2.75, 3.05) is 0 Å². The maximum atomic E-state index is 10.4. The zero-order valence-electron chi connectivity index (χ0n) is 6.24. The lowest BCUT2D eigenvalue weighted by molar-refractivity contribution is -0.304. The predicted molar refractivity (Wildman–Crippen MR) is 52.3 cm³/mol. The van der Waals surface area contributed by atoms with E-state index in [2.05, 4.69) is 15.9 Å². The van der Waals surface area contributed by atoms with Crippen molar-refractivity contribution in [3.05, 3.63) is 15.2 Å². The van der Waals surface area contributed by atoms with Gasteiger partial charge in [0, 0.05) is 25.4 Å². The molecule has 0 aliphatic carbocycles. The first-order valence-corrected chi connectivity index (χ1v) is 5.82. The number of halogens is 1. The number of thioether (sulfide) groups is 1. The summed E-state index contributed by atoms with van der Waals surface area (Å²) in [4.78, 5) is 11.3. The van der Waals surface area contributed by atoms with Gasteiger partial charge >= 0.3 is 0 Å². The maximum absolute atomic E-state index is 10.4. The van der Waals surface area contributed by atoms with E-state index in [1.807, 2.05) is 10.8 Å². The molecule has 0 spiro atoms. The van der Waals surface area contributed by atoms with Gasteiger partial charge in [-0.25, -0.2) is 0 Å². The van der Waals surface area contributed by atoms with Crippen molar-refractivity contribution in [3.8, 4) is 0 Å². The first-order valence-electron chi connectivity index (χ1n) is 3.20. The SMILES string of the molecule is C[C@@H](Sc1cscc1Br)C(=O)[O-]. The minimum absolute atomic E-state index is 0.504. The molecule has 0 aliphatic heterocycles.